The number of nitrogens with one attached hydrogen (secondary N) is 1. The van der Waals surface area contributed by atoms with Crippen molar-refractivity contribution in [1.29, 1.82) is 0 Å². The molecule has 1 unspecified atom stereocenters. The topological polar surface area (TPSA) is 36.9 Å². The lowest BCUT2D eigenvalue weighted by Gasteiger charge is -2.16. The van der Waals surface area contributed by atoms with Gasteiger partial charge in [-0.2, -0.15) is 0 Å². The molecule has 0 amide bonds. The maximum absolute atomic E-state index is 5.04. The number of thioether (sulfide) groups is 1. The smallest absolute Gasteiger partial charge is 0.156 e. The maximum atomic E-state index is 5.04. The van der Waals surface area contributed by atoms with Crippen LogP contribution in [0.4, 0.5) is 0 Å². The number of amidine groups is 1. The molecule has 100 valence electrons. The molecular formula is C12H25N3OS. The summed E-state index contributed by atoms with van der Waals surface area (Å²) in [5, 5.41) is 5.24. The molecule has 0 spiro atoms. The zero-order valence-corrected chi connectivity index (χ0v) is 12.1. The van der Waals surface area contributed by atoms with Gasteiger partial charge >= 0.3 is 0 Å². The Morgan fingerprint density at radius 1 is 1.53 bits per heavy atom. The van der Waals surface area contributed by atoms with Gasteiger partial charge in [0.15, 0.2) is 5.17 Å². The Morgan fingerprint density at radius 2 is 2.35 bits per heavy atom. The van der Waals surface area contributed by atoms with Crippen molar-refractivity contribution in [2.24, 2.45) is 4.99 Å². The molecule has 1 aliphatic heterocycles. The highest BCUT2D eigenvalue weighted by Crippen LogP contribution is 2.23. The van der Waals surface area contributed by atoms with Gasteiger partial charge in [0.05, 0.1) is 13.2 Å². The second-order valence-corrected chi connectivity index (χ2v) is 5.69. The Labute approximate surface area is 109 Å². The molecular weight excluding hydrogens is 234 g/mol. The number of ether oxygens (including phenoxy) is 1. The van der Waals surface area contributed by atoms with E-state index in [1.54, 1.807) is 7.11 Å². The summed E-state index contributed by atoms with van der Waals surface area (Å²) in [6, 6.07) is 0. The summed E-state index contributed by atoms with van der Waals surface area (Å²) in [5.41, 5.74) is 0. The van der Waals surface area contributed by atoms with Gasteiger partial charge in [0.1, 0.15) is 0 Å². The van der Waals surface area contributed by atoms with Crippen LogP contribution in [0, 0.1) is 0 Å². The molecule has 1 heterocycles. The Kier molecular flexibility index (Phi) is 7.64. The molecule has 0 fully saturated rings. The van der Waals surface area contributed by atoms with E-state index >= 15 is 0 Å². The zero-order chi connectivity index (χ0) is 12.5. The molecule has 17 heavy (non-hydrogen) atoms. The fraction of sp³-hybridized carbons (Fsp3) is 0.917. The van der Waals surface area contributed by atoms with E-state index in [9.17, 15) is 0 Å². The van der Waals surface area contributed by atoms with Gasteiger partial charge in [-0.15, -0.1) is 0 Å². The molecule has 1 aliphatic rings. The standard InChI is InChI=1S/C12H25N3OS/c1-4-5-11-10-14-12(17-11)13-6-7-15(2)8-9-16-3/h11H,4-10H2,1-3H3,(H,13,14). The molecule has 0 aromatic carbocycles. The SMILES string of the molecule is CCCC1CN=C(NCCN(C)CCOC)S1. The lowest BCUT2D eigenvalue weighted by molar-refractivity contribution is 0.162. The predicted molar refractivity (Wildman–Crippen MR) is 76.0 cm³/mol. The number of likely N-dealkylation sites (N-methyl/N-ethyl adjacent to an activating group) is 1. The molecule has 1 N–H and O–H groups in total. The van der Waals surface area contributed by atoms with Gasteiger partial charge in [-0.05, 0) is 13.5 Å². The Morgan fingerprint density at radius 3 is 3.06 bits per heavy atom. The van der Waals surface area contributed by atoms with Gasteiger partial charge in [0.2, 0.25) is 0 Å². The number of hydrogen-bond donors (Lipinski definition) is 1. The van der Waals surface area contributed by atoms with Crippen LogP contribution in [0.15, 0.2) is 4.99 Å². The summed E-state index contributed by atoms with van der Waals surface area (Å²) in [4.78, 5) is 6.78. The average molecular weight is 259 g/mol. The molecule has 5 heteroatoms. The molecule has 0 bridgehead atoms. The Balaban J connectivity index is 2.04. The van der Waals surface area contributed by atoms with Crippen LogP contribution in [0.1, 0.15) is 19.8 Å². The molecule has 0 aromatic rings. The van der Waals surface area contributed by atoms with Crippen molar-refractivity contribution in [2.75, 3.05) is 46.9 Å². The van der Waals surface area contributed by atoms with E-state index in [1.807, 2.05) is 11.8 Å². The van der Waals surface area contributed by atoms with Crippen molar-refractivity contribution in [1.82, 2.24) is 10.2 Å². The van der Waals surface area contributed by atoms with Crippen LogP contribution >= 0.6 is 11.8 Å². The summed E-state index contributed by atoms with van der Waals surface area (Å²) in [6.45, 7) is 6.99. The summed E-state index contributed by atoms with van der Waals surface area (Å²) in [5.74, 6) is 0. The van der Waals surface area contributed by atoms with Gasteiger partial charge in [0, 0.05) is 32.0 Å². The van der Waals surface area contributed by atoms with Crippen LogP contribution in [0.3, 0.4) is 0 Å². The summed E-state index contributed by atoms with van der Waals surface area (Å²) in [7, 11) is 3.86. The van der Waals surface area contributed by atoms with Gasteiger partial charge in [-0.1, -0.05) is 25.1 Å². The highest BCUT2D eigenvalue weighted by molar-refractivity contribution is 8.14. The van der Waals surface area contributed by atoms with Gasteiger partial charge in [-0.25, -0.2) is 0 Å². The molecule has 0 aromatic heterocycles. The first-order valence-corrected chi connectivity index (χ1v) is 7.26. The van der Waals surface area contributed by atoms with Crippen molar-refractivity contribution < 1.29 is 4.74 Å². The third-order valence-corrected chi connectivity index (χ3v) is 3.99. The minimum atomic E-state index is 0.703. The summed E-state index contributed by atoms with van der Waals surface area (Å²) in [6.07, 6.45) is 2.52. The van der Waals surface area contributed by atoms with Crippen molar-refractivity contribution in [3.63, 3.8) is 0 Å². The first-order valence-electron chi connectivity index (χ1n) is 6.38. The highest BCUT2D eigenvalue weighted by atomic mass is 32.2. The number of nitrogens with zero attached hydrogens (tertiary/aromatic N) is 2. The summed E-state index contributed by atoms with van der Waals surface area (Å²) >= 11 is 1.90. The second-order valence-electron chi connectivity index (χ2n) is 4.40. The number of hydrogen-bond acceptors (Lipinski definition) is 5. The quantitative estimate of drug-likeness (QED) is 0.715. The van der Waals surface area contributed by atoms with E-state index < -0.39 is 0 Å². The third kappa shape index (κ3) is 6.29. The van der Waals surface area contributed by atoms with E-state index in [2.05, 4.69) is 29.2 Å². The Hall–Kier alpha value is -0.260. The molecule has 0 saturated heterocycles. The van der Waals surface area contributed by atoms with Crippen molar-refractivity contribution in [3.8, 4) is 0 Å². The van der Waals surface area contributed by atoms with Crippen LogP contribution in [-0.2, 0) is 4.74 Å². The number of methoxy groups -OCH3 is 1. The van der Waals surface area contributed by atoms with Crippen molar-refractivity contribution >= 4 is 16.9 Å². The lowest BCUT2D eigenvalue weighted by Crippen LogP contribution is -2.33. The highest BCUT2D eigenvalue weighted by Gasteiger charge is 2.17. The zero-order valence-electron chi connectivity index (χ0n) is 11.2. The average Bonchev–Trinajstić information content (AvgIpc) is 2.75. The van der Waals surface area contributed by atoms with E-state index in [0.29, 0.717) is 5.25 Å². The van der Waals surface area contributed by atoms with Gasteiger partial charge in [-0.3, -0.25) is 4.99 Å². The van der Waals surface area contributed by atoms with Crippen LogP contribution in [0.25, 0.3) is 0 Å². The van der Waals surface area contributed by atoms with E-state index in [-0.39, 0.29) is 0 Å². The minimum absolute atomic E-state index is 0.703. The normalized spacial score (nSPS) is 19.8. The summed E-state index contributed by atoms with van der Waals surface area (Å²) < 4.78 is 5.04. The molecule has 0 radical (unpaired) electrons. The van der Waals surface area contributed by atoms with Crippen LogP contribution in [0.5, 0.6) is 0 Å². The van der Waals surface area contributed by atoms with Crippen molar-refractivity contribution in [2.45, 2.75) is 25.0 Å². The van der Waals surface area contributed by atoms with E-state index in [1.165, 1.54) is 12.8 Å². The largest absolute Gasteiger partial charge is 0.383 e. The van der Waals surface area contributed by atoms with Crippen LogP contribution < -0.4 is 5.32 Å². The molecule has 1 atom stereocenters. The molecule has 4 nitrogen and oxygen atoms in total. The first-order chi connectivity index (χ1) is 8.26. The maximum Gasteiger partial charge on any atom is 0.156 e. The van der Waals surface area contributed by atoms with Crippen LogP contribution in [0.2, 0.25) is 0 Å². The molecule has 1 rings (SSSR count). The lowest BCUT2D eigenvalue weighted by atomic mass is 10.2. The number of aliphatic imine (C=N–C) groups is 1. The predicted octanol–water partition coefficient (Wildman–Crippen LogP) is 1.43. The first kappa shape index (κ1) is 14.8. The van der Waals surface area contributed by atoms with Crippen LogP contribution in [-0.4, -0.2) is 62.3 Å². The second kappa shape index (κ2) is 8.78. The van der Waals surface area contributed by atoms with Gasteiger partial charge in [0.25, 0.3) is 0 Å². The molecule has 0 saturated carbocycles. The fourth-order valence-electron chi connectivity index (χ4n) is 1.70. The third-order valence-electron chi connectivity index (χ3n) is 2.77. The van der Waals surface area contributed by atoms with E-state index in [4.69, 9.17) is 4.74 Å². The van der Waals surface area contributed by atoms with Crippen molar-refractivity contribution in [3.05, 3.63) is 0 Å². The fourth-order valence-corrected chi connectivity index (χ4v) is 2.85. The number of rotatable bonds is 8. The minimum Gasteiger partial charge on any atom is -0.383 e. The molecule has 0 aliphatic carbocycles. The van der Waals surface area contributed by atoms with E-state index in [0.717, 1.165) is 38.0 Å². The monoisotopic (exact) mass is 259 g/mol. The van der Waals surface area contributed by atoms with Gasteiger partial charge < -0.3 is 15.0 Å². The Bertz CT molecular complexity index is 236.